The molecule has 1 rings (SSSR count). The van der Waals surface area contributed by atoms with Crippen LogP contribution in [0.15, 0.2) is 0 Å². The highest BCUT2D eigenvalue weighted by Crippen LogP contribution is 2.19. The van der Waals surface area contributed by atoms with Gasteiger partial charge in [0.2, 0.25) is 10.0 Å². The van der Waals surface area contributed by atoms with E-state index in [1.54, 1.807) is 4.31 Å². The third-order valence-electron chi connectivity index (χ3n) is 3.38. The zero-order valence-corrected chi connectivity index (χ0v) is 11.4. The van der Waals surface area contributed by atoms with Crippen LogP contribution in [0.25, 0.3) is 0 Å². The van der Waals surface area contributed by atoms with Gasteiger partial charge in [0, 0.05) is 25.2 Å². The largest absolute Gasteiger partial charge is 0.312 e. The fourth-order valence-electron chi connectivity index (χ4n) is 2.33. The minimum absolute atomic E-state index is 0.163. The second-order valence-electron chi connectivity index (χ2n) is 4.59. The van der Waals surface area contributed by atoms with Gasteiger partial charge in [0.25, 0.3) is 0 Å². The van der Waals surface area contributed by atoms with Crippen LogP contribution in [0.2, 0.25) is 0 Å². The van der Waals surface area contributed by atoms with Gasteiger partial charge in [-0.05, 0) is 25.7 Å². The Morgan fingerprint density at radius 3 is 2.50 bits per heavy atom. The van der Waals surface area contributed by atoms with Gasteiger partial charge in [-0.2, -0.15) is 4.31 Å². The highest BCUT2D eigenvalue weighted by atomic mass is 32.2. The third kappa shape index (κ3) is 3.71. The Morgan fingerprint density at radius 2 is 2.00 bits per heavy atom. The Labute approximate surface area is 99.5 Å². The lowest BCUT2D eigenvalue weighted by Gasteiger charge is -2.24. The maximum atomic E-state index is 11.5. The van der Waals surface area contributed by atoms with Crippen LogP contribution in [0.1, 0.15) is 39.5 Å². The molecule has 0 aromatic carbocycles. The third-order valence-corrected chi connectivity index (χ3v) is 4.71. The Hall–Kier alpha value is -0.130. The quantitative estimate of drug-likeness (QED) is 0.768. The average Bonchev–Trinajstić information content (AvgIpc) is 2.67. The Morgan fingerprint density at radius 1 is 1.38 bits per heavy atom. The van der Waals surface area contributed by atoms with Gasteiger partial charge in [-0.1, -0.05) is 13.8 Å². The van der Waals surface area contributed by atoms with Crippen molar-refractivity contribution in [2.75, 3.05) is 19.3 Å². The van der Waals surface area contributed by atoms with Gasteiger partial charge >= 0.3 is 0 Å². The van der Waals surface area contributed by atoms with Crippen molar-refractivity contribution in [1.82, 2.24) is 9.62 Å². The number of hydrogen-bond acceptors (Lipinski definition) is 3. The summed E-state index contributed by atoms with van der Waals surface area (Å²) in [4.78, 5) is 0. The summed E-state index contributed by atoms with van der Waals surface area (Å²) in [6, 6.07) is 0.678. The van der Waals surface area contributed by atoms with Gasteiger partial charge in [-0.3, -0.25) is 0 Å². The van der Waals surface area contributed by atoms with E-state index in [-0.39, 0.29) is 6.04 Å². The Kier molecular flexibility index (Phi) is 5.21. The maximum absolute atomic E-state index is 11.5. The molecule has 1 aliphatic heterocycles. The molecule has 0 aliphatic carbocycles. The van der Waals surface area contributed by atoms with Crippen LogP contribution < -0.4 is 5.32 Å². The van der Waals surface area contributed by atoms with E-state index in [0.29, 0.717) is 12.6 Å². The molecule has 16 heavy (non-hydrogen) atoms. The monoisotopic (exact) mass is 248 g/mol. The van der Waals surface area contributed by atoms with Crippen LogP contribution >= 0.6 is 0 Å². The molecule has 0 spiro atoms. The van der Waals surface area contributed by atoms with E-state index < -0.39 is 10.0 Å². The molecule has 1 atom stereocenters. The lowest BCUT2D eigenvalue weighted by molar-refractivity contribution is 0.352. The average molecular weight is 248 g/mol. The lowest BCUT2D eigenvalue weighted by atomic mass is 10.1. The lowest BCUT2D eigenvalue weighted by Crippen LogP contribution is -2.43. The first-order valence-corrected chi connectivity index (χ1v) is 8.04. The van der Waals surface area contributed by atoms with Crippen molar-refractivity contribution < 1.29 is 8.42 Å². The molecule has 0 aromatic heterocycles. The van der Waals surface area contributed by atoms with Crippen LogP contribution in [-0.4, -0.2) is 44.2 Å². The van der Waals surface area contributed by atoms with Crippen LogP contribution in [0.4, 0.5) is 0 Å². The normalized spacial score (nSPS) is 23.1. The summed E-state index contributed by atoms with van der Waals surface area (Å²) < 4.78 is 24.7. The SMILES string of the molecule is CCC(CC)NC[C@H]1CCCN1S(C)(=O)=O. The summed E-state index contributed by atoms with van der Waals surface area (Å²) in [5, 5.41) is 3.46. The zero-order chi connectivity index (χ0) is 12.2. The fourth-order valence-corrected chi connectivity index (χ4v) is 3.51. The van der Waals surface area contributed by atoms with Crippen molar-refractivity contribution in [3.63, 3.8) is 0 Å². The molecule has 1 fully saturated rings. The van der Waals surface area contributed by atoms with Gasteiger partial charge < -0.3 is 5.32 Å². The molecule has 5 heteroatoms. The van der Waals surface area contributed by atoms with Crippen molar-refractivity contribution in [3.8, 4) is 0 Å². The number of rotatable bonds is 6. The summed E-state index contributed by atoms with van der Waals surface area (Å²) in [5.74, 6) is 0. The first-order chi connectivity index (χ1) is 7.49. The smallest absolute Gasteiger partial charge is 0.211 e. The maximum Gasteiger partial charge on any atom is 0.211 e. The molecule has 4 nitrogen and oxygen atoms in total. The molecule has 1 N–H and O–H groups in total. The standard InChI is InChI=1S/C11H24N2O2S/c1-4-10(5-2)12-9-11-7-6-8-13(11)16(3,14)15/h10-12H,4-9H2,1-3H3/t11-/m1/s1. The minimum atomic E-state index is -3.02. The van der Waals surface area contributed by atoms with Crippen molar-refractivity contribution in [3.05, 3.63) is 0 Å². The molecule has 0 unspecified atom stereocenters. The molecule has 1 heterocycles. The number of sulfonamides is 1. The van der Waals surface area contributed by atoms with E-state index in [0.717, 1.165) is 32.2 Å². The predicted octanol–water partition coefficient (Wildman–Crippen LogP) is 1.19. The van der Waals surface area contributed by atoms with Crippen LogP contribution in [0.5, 0.6) is 0 Å². The molecule has 0 radical (unpaired) electrons. The summed E-state index contributed by atoms with van der Waals surface area (Å²) in [7, 11) is -3.02. The second-order valence-corrected chi connectivity index (χ2v) is 6.53. The molecule has 0 bridgehead atoms. The van der Waals surface area contributed by atoms with Crippen LogP contribution in [0, 0.1) is 0 Å². The molecule has 0 saturated carbocycles. The van der Waals surface area contributed by atoms with Crippen LogP contribution in [-0.2, 0) is 10.0 Å². The second kappa shape index (κ2) is 5.98. The highest BCUT2D eigenvalue weighted by molar-refractivity contribution is 7.88. The highest BCUT2D eigenvalue weighted by Gasteiger charge is 2.31. The van der Waals surface area contributed by atoms with E-state index >= 15 is 0 Å². The number of nitrogens with zero attached hydrogens (tertiary/aromatic N) is 1. The van der Waals surface area contributed by atoms with Gasteiger partial charge in [0.1, 0.15) is 0 Å². The number of nitrogens with one attached hydrogen (secondary N) is 1. The zero-order valence-electron chi connectivity index (χ0n) is 10.6. The molecule has 1 saturated heterocycles. The molecule has 96 valence electrons. The van der Waals surface area contributed by atoms with Crippen molar-refractivity contribution >= 4 is 10.0 Å². The molecule has 1 aliphatic rings. The minimum Gasteiger partial charge on any atom is -0.312 e. The summed E-state index contributed by atoms with van der Waals surface area (Å²) >= 11 is 0. The molecular weight excluding hydrogens is 224 g/mol. The molecule has 0 aromatic rings. The topological polar surface area (TPSA) is 49.4 Å². The van der Waals surface area contributed by atoms with Crippen LogP contribution in [0.3, 0.4) is 0 Å². The van der Waals surface area contributed by atoms with Crippen molar-refractivity contribution in [2.24, 2.45) is 0 Å². The first-order valence-electron chi connectivity index (χ1n) is 6.19. The molecule has 0 amide bonds. The van der Waals surface area contributed by atoms with E-state index in [2.05, 4.69) is 19.2 Å². The van der Waals surface area contributed by atoms with E-state index in [1.165, 1.54) is 6.26 Å². The van der Waals surface area contributed by atoms with Crippen molar-refractivity contribution in [2.45, 2.75) is 51.6 Å². The van der Waals surface area contributed by atoms with Gasteiger partial charge in [0.15, 0.2) is 0 Å². The number of hydrogen-bond donors (Lipinski definition) is 1. The fraction of sp³-hybridized carbons (Fsp3) is 1.00. The van der Waals surface area contributed by atoms with Gasteiger partial charge in [-0.25, -0.2) is 8.42 Å². The summed E-state index contributed by atoms with van der Waals surface area (Å²) in [6.07, 6.45) is 5.48. The molecular formula is C11H24N2O2S. The van der Waals surface area contributed by atoms with E-state index in [9.17, 15) is 8.42 Å². The summed E-state index contributed by atoms with van der Waals surface area (Å²) in [6.45, 7) is 5.79. The Balaban J connectivity index is 2.47. The van der Waals surface area contributed by atoms with E-state index in [1.807, 2.05) is 0 Å². The summed E-state index contributed by atoms with van der Waals surface area (Å²) in [5.41, 5.74) is 0. The Bertz CT molecular complexity index is 299. The van der Waals surface area contributed by atoms with Crippen molar-refractivity contribution in [1.29, 1.82) is 0 Å². The van der Waals surface area contributed by atoms with Gasteiger partial charge in [0.05, 0.1) is 6.26 Å². The predicted molar refractivity (Wildman–Crippen MR) is 66.9 cm³/mol. The van der Waals surface area contributed by atoms with Gasteiger partial charge in [-0.15, -0.1) is 0 Å². The first kappa shape index (κ1) is 13.9. The van der Waals surface area contributed by atoms with E-state index in [4.69, 9.17) is 0 Å².